The van der Waals surface area contributed by atoms with Crippen molar-refractivity contribution < 1.29 is 4.74 Å². The van der Waals surface area contributed by atoms with Crippen molar-refractivity contribution in [2.24, 2.45) is 18.0 Å². The molecule has 2 rings (SSSR count). The van der Waals surface area contributed by atoms with E-state index in [1.54, 1.807) is 7.05 Å². The van der Waals surface area contributed by atoms with Gasteiger partial charge < -0.3 is 15.4 Å². The first-order chi connectivity index (χ1) is 13.3. The molecule has 0 aliphatic carbocycles. The third-order valence-corrected chi connectivity index (χ3v) is 4.74. The van der Waals surface area contributed by atoms with Crippen LogP contribution in [0.1, 0.15) is 43.3 Å². The topological polar surface area (TPSA) is 63.5 Å². The molecular weight excluding hydrogens is 477 g/mol. The molecule has 2 N–H and O–H groups in total. The van der Waals surface area contributed by atoms with Crippen LogP contribution in [0.15, 0.2) is 29.3 Å². The summed E-state index contributed by atoms with van der Waals surface area (Å²) in [5.74, 6) is 2.24. The van der Waals surface area contributed by atoms with Gasteiger partial charge in [0.1, 0.15) is 5.75 Å². The molecule has 0 amide bonds. The van der Waals surface area contributed by atoms with Crippen molar-refractivity contribution >= 4 is 29.9 Å². The number of rotatable bonds is 8. The van der Waals surface area contributed by atoms with Crippen LogP contribution in [-0.2, 0) is 20.0 Å². The second-order valence-electron chi connectivity index (χ2n) is 7.80. The largest absolute Gasteiger partial charge is 0.493 e. The zero-order valence-electron chi connectivity index (χ0n) is 18.7. The highest BCUT2D eigenvalue weighted by Gasteiger charge is 2.14. The fourth-order valence-corrected chi connectivity index (χ4v) is 3.05. The number of aromatic nitrogens is 2. The first kappa shape index (κ1) is 25.3. The molecule has 0 saturated heterocycles. The van der Waals surface area contributed by atoms with Crippen molar-refractivity contribution in [2.75, 3.05) is 13.7 Å². The second kappa shape index (κ2) is 12.0. The molecule has 0 aliphatic rings. The van der Waals surface area contributed by atoms with Gasteiger partial charge in [-0.3, -0.25) is 9.67 Å². The molecule has 0 spiro atoms. The van der Waals surface area contributed by atoms with E-state index in [0.29, 0.717) is 12.5 Å². The second-order valence-corrected chi connectivity index (χ2v) is 7.80. The van der Waals surface area contributed by atoms with Crippen molar-refractivity contribution in [2.45, 2.75) is 53.6 Å². The van der Waals surface area contributed by atoms with Gasteiger partial charge in [0.25, 0.3) is 0 Å². The molecule has 1 aromatic carbocycles. The van der Waals surface area contributed by atoms with Crippen molar-refractivity contribution in [3.8, 4) is 5.75 Å². The fourth-order valence-electron chi connectivity index (χ4n) is 3.05. The molecule has 0 fully saturated rings. The first-order valence-corrected chi connectivity index (χ1v) is 9.98. The minimum absolute atomic E-state index is 0. The van der Waals surface area contributed by atoms with E-state index in [1.165, 1.54) is 16.8 Å². The van der Waals surface area contributed by atoms with E-state index in [1.807, 2.05) is 23.9 Å². The van der Waals surface area contributed by atoms with Crippen LogP contribution in [0.25, 0.3) is 0 Å². The van der Waals surface area contributed by atoms with Gasteiger partial charge in [-0.05, 0) is 56.4 Å². The van der Waals surface area contributed by atoms with Crippen molar-refractivity contribution in [1.29, 1.82) is 0 Å². The molecule has 0 aliphatic heterocycles. The average Bonchev–Trinajstić information content (AvgIpc) is 2.90. The number of benzene rings is 1. The highest BCUT2D eigenvalue weighted by atomic mass is 127. The average molecular weight is 513 g/mol. The van der Waals surface area contributed by atoms with Crippen LogP contribution in [-0.4, -0.2) is 35.4 Å². The molecule has 2 aromatic rings. The zero-order chi connectivity index (χ0) is 20.7. The van der Waals surface area contributed by atoms with Crippen LogP contribution >= 0.6 is 24.0 Å². The summed E-state index contributed by atoms with van der Waals surface area (Å²) in [7, 11) is 3.79. The van der Waals surface area contributed by atoms with Crippen LogP contribution in [0.3, 0.4) is 0 Å². The number of hydrogen-bond donors (Lipinski definition) is 2. The number of ether oxygens (including phenoxy) is 1. The summed E-state index contributed by atoms with van der Waals surface area (Å²) in [5.41, 5.74) is 4.80. The Hall–Kier alpha value is -1.77. The van der Waals surface area contributed by atoms with Gasteiger partial charge >= 0.3 is 0 Å². The van der Waals surface area contributed by atoms with Gasteiger partial charge in [-0.2, -0.15) is 5.10 Å². The van der Waals surface area contributed by atoms with Crippen molar-refractivity contribution in [3.05, 3.63) is 46.8 Å². The van der Waals surface area contributed by atoms with Gasteiger partial charge in [-0.15, -0.1) is 24.0 Å². The summed E-state index contributed by atoms with van der Waals surface area (Å²) >= 11 is 0. The van der Waals surface area contributed by atoms with Gasteiger partial charge in [-0.1, -0.05) is 26.0 Å². The number of aryl methyl sites for hydroxylation is 2. The van der Waals surface area contributed by atoms with Crippen LogP contribution in [0.2, 0.25) is 0 Å². The van der Waals surface area contributed by atoms with E-state index in [9.17, 15) is 0 Å². The van der Waals surface area contributed by atoms with Gasteiger partial charge in [-0.25, -0.2) is 0 Å². The van der Waals surface area contributed by atoms with Gasteiger partial charge in [0.15, 0.2) is 5.96 Å². The molecule has 7 heteroatoms. The predicted molar refractivity (Wildman–Crippen MR) is 131 cm³/mol. The number of halogens is 1. The number of nitrogens with one attached hydrogen (secondary N) is 2. The third kappa shape index (κ3) is 7.87. The molecular formula is C22H36IN5O. The SMILES string of the molecule is CN=C(NCc1ccc(OCC(C)C)cc1)NC(C)Cc1c(C)nn(C)c1C.I. The lowest BCUT2D eigenvalue weighted by molar-refractivity contribution is 0.271. The number of hydrogen-bond acceptors (Lipinski definition) is 3. The van der Waals surface area contributed by atoms with E-state index in [0.717, 1.165) is 30.4 Å². The number of aliphatic imine (C=N–C) groups is 1. The smallest absolute Gasteiger partial charge is 0.191 e. The third-order valence-electron chi connectivity index (χ3n) is 4.74. The lowest BCUT2D eigenvalue weighted by Gasteiger charge is -2.18. The molecule has 0 bridgehead atoms. The maximum Gasteiger partial charge on any atom is 0.191 e. The van der Waals surface area contributed by atoms with E-state index in [2.05, 4.69) is 67.5 Å². The molecule has 1 heterocycles. The van der Waals surface area contributed by atoms with Gasteiger partial charge in [0.05, 0.1) is 12.3 Å². The normalized spacial score (nSPS) is 12.5. The number of guanidine groups is 1. The van der Waals surface area contributed by atoms with E-state index in [-0.39, 0.29) is 30.0 Å². The Bertz CT molecular complexity index is 783. The maximum absolute atomic E-state index is 5.74. The minimum atomic E-state index is 0. The Labute approximate surface area is 192 Å². The molecule has 0 saturated carbocycles. The summed E-state index contributed by atoms with van der Waals surface area (Å²) < 4.78 is 7.68. The lowest BCUT2D eigenvalue weighted by atomic mass is 10.1. The molecule has 0 radical (unpaired) electrons. The highest BCUT2D eigenvalue weighted by molar-refractivity contribution is 14.0. The highest BCUT2D eigenvalue weighted by Crippen LogP contribution is 2.15. The van der Waals surface area contributed by atoms with E-state index >= 15 is 0 Å². The first-order valence-electron chi connectivity index (χ1n) is 9.98. The summed E-state index contributed by atoms with van der Waals surface area (Å²) in [6.45, 7) is 12.1. The van der Waals surface area contributed by atoms with Gasteiger partial charge in [0, 0.05) is 32.4 Å². The molecule has 1 aromatic heterocycles. The predicted octanol–water partition coefficient (Wildman–Crippen LogP) is 3.99. The Kier molecular flexibility index (Phi) is 10.5. The number of nitrogens with zero attached hydrogens (tertiary/aromatic N) is 3. The molecule has 6 nitrogen and oxygen atoms in total. The summed E-state index contributed by atoms with van der Waals surface area (Å²) in [4.78, 5) is 4.35. The minimum Gasteiger partial charge on any atom is -0.493 e. The molecule has 1 unspecified atom stereocenters. The Balaban J connectivity index is 0.00000420. The fraction of sp³-hybridized carbons (Fsp3) is 0.545. The van der Waals surface area contributed by atoms with Crippen LogP contribution in [0.5, 0.6) is 5.75 Å². The van der Waals surface area contributed by atoms with Crippen LogP contribution in [0, 0.1) is 19.8 Å². The standard InChI is InChI=1S/C22H35N5O.HI/c1-15(2)14-28-20-10-8-19(9-11-20)13-24-22(23-6)25-16(3)12-21-17(4)26-27(7)18(21)5;/h8-11,15-16H,12-14H2,1-7H3,(H2,23,24,25);1H. The van der Waals surface area contributed by atoms with Crippen LogP contribution < -0.4 is 15.4 Å². The van der Waals surface area contributed by atoms with Crippen molar-refractivity contribution in [3.63, 3.8) is 0 Å². The van der Waals surface area contributed by atoms with E-state index < -0.39 is 0 Å². The monoisotopic (exact) mass is 513 g/mol. The van der Waals surface area contributed by atoms with Gasteiger partial charge in [0.2, 0.25) is 0 Å². The Morgan fingerprint density at radius 1 is 1.17 bits per heavy atom. The lowest BCUT2D eigenvalue weighted by Crippen LogP contribution is -2.42. The van der Waals surface area contributed by atoms with E-state index in [4.69, 9.17) is 4.74 Å². The zero-order valence-corrected chi connectivity index (χ0v) is 21.1. The summed E-state index contributed by atoms with van der Waals surface area (Å²) in [6, 6.07) is 8.46. The Morgan fingerprint density at radius 3 is 2.34 bits per heavy atom. The molecule has 1 atom stereocenters. The summed E-state index contributed by atoms with van der Waals surface area (Å²) in [5, 5.41) is 11.4. The molecule has 29 heavy (non-hydrogen) atoms. The van der Waals surface area contributed by atoms with Crippen molar-refractivity contribution in [1.82, 2.24) is 20.4 Å². The van der Waals surface area contributed by atoms with Crippen LogP contribution in [0.4, 0.5) is 0 Å². The molecule has 162 valence electrons. The summed E-state index contributed by atoms with van der Waals surface area (Å²) in [6.07, 6.45) is 0.911. The Morgan fingerprint density at radius 2 is 1.83 bits per heavy atom. The quantitative estimate of drug-likeness (QED) is 0.319. The maximum atomic E-state index is 5.74.